The van der Waals surface area contributed by atoms with Gasteiger partial charge in [-0.3, -0.25) is 0 Å². The molecule has 1 heterocycles. The molecule has 3 N–H and O–H groups in total. The van der Waals surface area contributed by atoms with Crippen LogP contribution in [-0.4, -0.2) is 34.6 Å². The van der Waals surface area contributed by atoms with Crippen LogP contribution >= 0.6 is 11.6 Å². The first-order valence-corrected chi connectivity index (χ1v) is 10.7. The molecule has 31 heavy (non-hydrogen) atoms. The maximum Gasteiger partial charge on any atom is 0.156 e. The number of nitriles is 1. The maximum atomic E-state index is 9.77. The lowest BCUT2D eigenvalue weighted by Crippen LogP contribution is -2.28. The molecule has 1 fully saturated rings. The van der Waals surface area contributed by atoms with Crippen molar-refractivity contribution in [2.75, 3.05) is 17.7 Å². The maximum absolute atomic E-state index is 9.77. The van der Waals surface area contributed by atoms with Crippen LogP contribution in [0.4, 0.5) is 11.5 Å². The Hall–Kier alpha value is -3.08. The Morgan fingerprint density at radius 3 is 2.71 bits per heavy atom. The summed E-state index contributed by atoms with van der Waals surface area (Å²) in [5, 5.41) is 36.9. The molecule has 0 aliphatic heterocycles. The number of hydrogen-bond acceptors (Lipinski definition) is 7. The van der Waals surface area contributed by atoms with E-state index in [0.717, 1.165) is 47.7 Å². The van der Waals surface area contributed by atoms with E-state index in [1.165, 1.54) is 0 Å². The summed E-state index contributed by atoms with van der Waals surface area (Å²) < 4.78 is 5.20. The van der Waals surface area contributed by atoms with E-state index in [9.17, 15) is 10.4 Å². The van der Waals surface area contributed by atoms with Crippen molar-refractivity contribution < 1.29 is 9.84 Å². The summed E-state index contributed by atoms with van der Waals surface area (Å²) >= 11 is 6.23. The van der Waals surface area contributed by atoms with E-state index in [4.69, 9.17) is 16.3 Å². The molecule has 0 radical (unpaired) electrons. The Morgan fingerprint density at radius 2 is 2.00 bits per heavy atom. The molecular weight excluding hydrogens is 414 g/mol. The van der Waals surface area contributed by atoms with Crippen LogP contribution in [0.3, 0.4) is 0 Å². The van der Waals surface area contributed by atoms with Crippen LogP contribution in [0.2, 0.25) is 5.02 Å². The Kier molecular flexibility index (Phi) is 6.40. The van der Waals surface area contributed by atoms with Crippen LogP contribution in [0.1, 0.15) is 36.8 Å². The largest absolute Gasteiger partial charge is 0.495 e. The lowest BCUT2D eigenvalue weighted by molar-refractivity contribution is 0.126. The van der Waals surface area contributed by atoms with Gasteiger partial charge in [-0.2, -0.15) is 10.4 Å². The molecule has 8 heteroatoms. The van der Waals surface area contributed by atoms with Crippen LogP contribution in [0.15, 0.2) is 36.5 Å². The molecule has 1 aromatic heterocycles. The number of rotatable bonds is 6. The highest BCUT2D eigenvalue weighted by atomic mass is 35.5. The summed E-state index contributed by atoms with van der Waals surface area (Å²) in [6.45, 7) is 0.498. The zero-order chi connectivity index (χ0) is 21.8. The van der Waals surface area contributed by atoms with Gasteiger partial charge in [0.25, 0.3) is 0 Å². The second-order valence-electron chi connectivity index (χ2n) is 7.76. The van der Waals surface area contributed by atoms with Crippen molar-refractivity contribution in [2.45, 2.75) is 44.4 Å². The highest BCUT2D eigenvalue weighted by Gasteiger charge is 2.20. The SMILES string of the molecule is COc1ccc(CNc2nncc3c(NC4CCC(O)CC4)cc(C#N)cc23)cc1Cl. The predicted octanol–water partition coefficient (Wildman–Crippen LogP) is 4.49. The van der Waals surface area contributed by atoms with Crippen LogP contribution in [0.25, 0.3) is 10.8 Å². The number of fused-ring (bicyclic) bond motifs is 1. The number of aromatic nitrogens is 2. The van der Waals surface area contributed by atoms with E-state index in [1.807, 2.05) is 30.3 Å². The highest BCUT2D eigenvalue weighted by Crippen LogP contribution is 2.32. The zero-order valence-corrected chi connectivity index (χ0v) is 18.0. The second-order valence-corrected chi connectivity index (χ2v) is 8.17. The number of ether oxygens (including phenoxy) is 1. The molecule has 160 valence electrons. The number of nitrogens with zero attached hydrogens (tertiary/aromatic N) is 3. The number of nitrogens with one attached hydrogen (secondary N) is 2. The van der Waals surface area contributed by atoms with Gasteiger partial charge in [0, 0.05) is 29.0 Å². The zero-order valence-electron chi connectivity index (χ0n) is 17.2. The topological polar surface area (TPSA) is 103 Å². The molecule has 1 aliphatic rings. The van der Waals surface area contributed by atoms with Crippen molar-refractivity contribution in [2.24, 2.45) is 0 Å². The summed E-state index contributed by atoms with van der Waals surface area (Å²) in [7, 11) is 1.58. The van der Waals surface area contributed by atoms with Crippen molar-refractivity contribution in [1.82, 2.24) is 10.2 Å². The van der Waals surface area contributed by atoms with Gasteiger partial charge in [-0.05, 0) is 55.5 Å². The van der Waals surface area contributed by atoms with E-state index in [2.05, 4.69) is 26.9 Å². The first-order chi connectivity index (χ1) is 15.1. The average Bonchev–Trinajstić information content (AvgIpc) is 2.79. The van der Waals surface area contributed by atoms with Crippen LogP contribution in [0.5, 0.6) is 5.75 Å². The van der Waals surface area contributed by atoms with Gasteiger partial charge in [0.15, 0.2) is 5.82 Å². The number of anilines is 2. The molecule has 1 aliphatic carbocycles. The van der Waals surface area contributed by atoms with E-state index in [1.54, 1.807) is 13.3 Å². The number of aliphatic hydroxyl groups excluding tert-OH is 1. The van der Waals surface area contributed by atoms with Crippen molar-refractivity contribution in [3.63, 3.8) is 0 Å². The van der Waals surface area contributed by atoms with Crippen molar-refractivity contribution in [3.8, 4) is 11.8 Å². The molecule has 4 rings (SSSR count). The molecule has 3 aromatic rings. The van der Waals surface area contributed by atoms with Gasteiger partial charge in [0.2, 0.25) is 0 Å². The monoisotopic (exact) mass is 437 g/mol. The van der Waals surface area contributed by atoms with Gasteiger partial charge in [-0.25, -0.2) is 0 Å². The van der Waals surface area contributed by atoms with Gasteiger partial charge in [-0.15, -0.1) is 5.10 Å². The summed E-state index contributed by atoms with van der Waals surface area (Å²) in [6, 6.07) is 11.8. The van der Waals surface area contributed by atoms with Gasteiger partial charge >= 0.3 is 0 Å². The van der Waals surface area contributed by atoms with Crippen LogP contribution in [-0.2, 0) is 6.54 Å². The molecule has 0 unspecified atom stereocenters. The number of hydrogen-bond donors (Lipinski definition) is 3. The van der Waals surface area contributed by atoms with Gasteiger partial charge in [0.1, 0.15) is 5.75 Å². The molecule has 0 amide bonds. The second kappa shape index (κ2) is 9.38. The summed E-state index contributed by atoms with van der Waals surface area (Å²) in [5.74, 6) is 1.23. The quantitative estimate of drug-likeness (QED) is 0.522. The lowest BCUT2D eigenvalue weighted by Gasteiger charge is -2.27. The van der Waals surface area contributed by atoms with E-state index < -0.39 is 0 Å². The Bertz CT molecular complexity index is 1120. The lowest BCUT2D eigenvalue weighted by atomic mass is 9.92. The first kappa shape index (κ1) is 21.2. The minimum atomic E-state index is -0.214. The van der Waals surface area contributed by atoms with E-state index >= 15 is 0 Å². The van der Waals surface area contributed by atoms with Gasteiger partial charge in [-0.1, -0.05) is 17.7 Å². The first-order valence-electron chi connectivity index (χ1n) is 10.3. The highest BCUT2D eigenvalue weighted by molar-refractivity contribution is 6.32. The van der Waals surface area contributed by atoms with Crippen molar-refractivity contribution in [3.05, 3.63) is 52.7 Å². The van der Waals surface area contributed by atoms with Crippen LogP contribution < -0.4 is 15.4 Å². The van der Waals surface area contributed by atoms with Crippen molar-refractivity contribution in [1.29, 1.82) is 5.26 Å². The molecule has 7 nitrogen and oxygen atoms in total. The average molecular weight is 438 g/mol. The minimum Gasteiger partial charge on any atom is -0.495 e. The fourth-order valence-electron chi connectivity index (χ4n) is 3.95. The fourth-order valence-corrected chi connectivity index (χ4v) is 4.23. The summed E-state index contributed by atoms with van der Waals surface area (Å²) in [5.41, 5.74) is 2.38. The summed E-state index contributed by atoms with van der Waals surface area (Å²) in [4.78, 5) is 0. The molecule has 1 saturated carbocycles. The third-order valence-corrected chi connectivity index (χ3v) is 5.94. The molecule has 0 spiro atoms. The molecule has 2 aromatic carbocycles. The Morgan fingerprint density at radius 1 is 1.19 bits per heavy atom. The number of halogens is 1. The number of aliphatic hydroxyl groups is 1. The third kappa shape index (κ3) is 4.82. The Labute approximate surface area is 186 Å². The van der Waals surface area contributed by atoms with Crippen molar-refractivity contribution >= 4 is 33.9 Å². The number of benzene rings is 2. The third-order valence-electron chi connectivity index (χ3n) is 5.64. The molecule has 0 bridgehead atoms. The van der Waals surface area contributed by atoms with Gasteiger partial charge < -0.3 is 20.5 Å². The van der Waals surface area contributed by atoms with E-state index in [0.29, 0.717) is 28.7 Å². The Balaban J connectivity index is 1.61. The van der Waals surface area contributed by atoms with Gasteiger partial charge in [0.05, 0.1) is 36.1 Å². The van der Waals surface area contributed by atoms with Crippen LogP contribution in [0, 0.1) is 11.3 Å². The fraction of sp³-hybridized carbons (Fsp3) is 0.348. The molecular formula is C23H24ClN5O2. The minimum absolute atomic E-state index is 0.214. The number of methoxy groups -OCH3 is 1. The standard InChI is InChI=1S/C23H24ClN5O2/c1-31-22-7-2-14(9-20(22)24)12-26-23-18-8-15(11-25)10-21(19(18)13-27-29-23)28-16-3-5-17(30)6-4-16/h2,7-10,13,16-17,28,30H,3-6,12H2,1H3,(H,26,29). The molecule has 0 saturated heterocycles. The molecule has 0 atom stereocenters. The van der Waals surface area contributed by atoms with E-state index in [-0.39, 0.29) is 12.1 Å². The smallest absolute Gasteiger partial charge is 0.156 e. The normalized spacial score (nSPS) is 18.4. The predicted molar refractivity (Wildman–Crippen MR) is 121 cm³/mol. The summed E-state index contributed by atoms with van der Waals surface area (Å²) in [6.07, 6.45) is 4.84.